The first kappa shape index (κ1) is 16.5. The van der Waals surface area contributed by atoms with Gasteiger partial charge in [-0.25, -0.2) is 0 Å². The van der Waals surface area contributed by atoms with Crippen molar-refractivity contribution >= 4 is 0 Å². The number of nitrogens with zero attached hydrogens (tertiary/aromatic N) is 1. The van der Waals surface area contributed by atoms with E-state index in [1.807, 2.05) is 0 Å². The summed E-state index contributed by atoms with van der Waals surface area (Å²) < 4.78 is 0. The van der Waals surface area contributed by atoms with Crippen molar-refractivity contribution in [3.8, 4) is 0 Å². The lowest BCUT2D eigenvalue weighted by molar-refractivity contribution is 0.0922. The molecule has 0 bridgehead atoms. The average molecular weight is 288 g/mol. The highest BCUT2D eigenvalue weighted by Gasteiger charge is 2.29. The molecule has 1 aromatic rings. The van der Waals surface area contributed by atoms with Gasteiger partial charge in [0.1, 0.15) is 0 Å². The minimum atomic E-state index is 0.623. The van der Waals surface area contributed by atoms with Crippen molar-refractivity contribution in [2.24, 2.45) is 11.8 Å². The van der Waals surface area contributed by atoms with Crippen LogP contribution in [0, 0.1) is 18.8 Å². The van der Waals surface area contributed by atoms with Crippen LogP contribution in [-0.2, 0) is 6.54 Å². The maximum Gasteiger partial charge on any atom is 0.0240 e. The highest BCUT2D eigenvalue weighted by molar-refractivity contribution is 5.25. The van der Waals surface area contributed by atoms with Gasteiger partial charge in [0.15, 0.2) is 0 Å². The van der Waals surface area contributed by atoms with Gasteiger partial charge in [-0.05, 0) is 36.3 Å². The third kappa shape index (κ3) is 4.55. The fourth-order valence-corrected chi connectivity index (χ4v) is 3.31. The first-order chi connectivity index (χ1) is 9.97. The van der Waals surface area contributed by atoms with E-state index in [1.165, 1.54) is 24.1 Å². The maximum absolute atomic E-state index is 3.76. The molecule has 1 aromatic carbocycles. The quantitative estimate of drug-likeness (QED) is 0.885. The fourth-order valence-electron chi connectivity index (χ4n) is 3.31. The highest BCUT2D eigenvalue weighted by atomic mass is 15.2. The molecule has 1 N–H and O–H groups in total. The third-order valence-electron chi connectivity index (χ3n) is 4.75. The normalized spacial score (nSPS) is 24.0. The Morgan fingerprint density at radius 3 is 2.52 bits per heavy atom. The standard InChI is InChI=1S/C19H32N2/c1-14(2)10-18-11-20-19(15(3)4)13-21(18)12-17-9-7-6-8-16(17)5/h6-9,14-15,18-20H,10-13H2,1-5H3. The summed E-state index contributed by atoms with van der Waals surface area (Å²) in [5, 5.41) is 3.76. The van der Waals surface area contributed by atoms with Crippen molar-refractivity contribution in [1.29, 1.82) is 0 Å². The van der Waals surface area contributed by atoms with E-state index in [2.05, 4.69) is 69.1 Å². The lowest BCUT2D eigenvalue weighted by atomic mass is 9.94. The van der Waals surface area contributed by atoms with Gasteiger partial charge in [0.25, 0.3) is 0 Å². The Bertz CT molecular complexity index is 439. The average Bonchev–Trinajstić information content (AvgIpc) is 2.42. The Labute approximate surface area is 130 Å². The van der Waals surface area contributed by atoms with Crippen LogP contribution in [0.25, 0.3) is 0 Å². The highest BCUT2D eigenvalue weighted by Crippen LogP contribution is 2.21. The minimum Gasteiger partial charge on any atom is -0.311 e. The predicted octanol–water partition coefficient (Wildman–Crippen LogP) is 3.84. The van der Waals surface area contributed by atoms with Crippen molar-refractivity contribution in [3.05, 3.63) is 35.4 Å². The van der Waals surface area contributed by atoms with Crippen molar-refractivity contribution in [1.82, 2.24) is 10.2 Å². The molecule has 1 aliphatic rings. The monoisotopic (exact) mass is 288 g/mol. The molecule has 1 fully saturated rings. The van der Waals surface area contributed by atoms with Crippen LogP contribution >= 0.6 is 0 Å². The molecule has 0 spiro atoms. The predicted molar refractivity (Wildman–Crippen MR) is 91.5 cm³/mol. The molecule has 0 aliphatic carbocycles. The molecule has 1 aliphatic heterocycles. The summed E-state index contributed by atoms with van der Waals surface area (Å²) in [6, 6.07) is 10.1. The lowest BCUT2D eigenvalue weighted by Gasteiger charge is -2.43. The van der Waals surface area contributed by atoms with E-state index in [9.17, 15) is 0 Å². The zero-order chi connectivity index (χ0) is 15.4. The topological polar surface area (TPSA) is 15.3 Å². The summed E-state index contributed by atoms with van der Waals surface area (Å²) in [4.78, 5) is 2.71. The van der Waals surface area contributed by atoms with Crippen molar-refractivity contribution in [2.75, 3.05) is 13.1 Å². The summed E-state index contributed by atoms with van der Waals surface area (Å²) in [6.45, 7) is 14.9. The summed E-state index contributed by atoms with van der Waals surface area (Å²) in [6.07, 6.45) is 1.28. The van der Waals surface area contributed by atoms with Gasteiger partial charge in [0.05, 0.1) is 0 Å². The fraction of sp³-hybridized carbons (Fsp3) is 0.684. The molecular weight excluding hydrogens is 256 g/mol. The van der Waals surface area contributed by atoms with Gasteiger partial charge in [-0.15, -0.1) is 0 Å². The molecule has 0 aromatic heterocycles. The maximum atomic E-state index is 3.76. The van der Waals surface area contributed by atoms with Gasteiger partial charge in [0.2, 0.25) is 0 Å². The number of rotatable bonds is 5. The van der Waals surface area contributed by atoms with E-state index in [4.69, 9.17) is 0 Å². The van der Waals surface area contributed by atoms with Crippen LogP contribution in [0.1, 0.15) is 45.2 Å². The molecular formula is C19H32N2. The number of hydrogen-bond donors (Lipinski definition) is 1. The van der Waals surface area contributed by atoms with E-state index in [0.717, 1.165) is 19.0 Å². The molecule has 0 saturated carbocycles. The van der Waals surface area contributed by atoms with Gasteiger partial charge in [-0.3, -0.25) is 4.90 Å². The molecule has 2 unspecified atom stereocenters. The van der Waals surface area contributed by atoms with Gasteiger partial charge in [0, 0.05) is 31.7 Å². The summed E-state index contributed by atoms with van der Waals surface area (Å²) in [7, 11) is 0. The van der Waals surface area contributed by atoms with Crippen LogP contribution in [0.15, 0.2) is 24.3 Å². The number of piperazine rings is 1. The summed E-state index contributed by atoms with van der Waals surface area (Å²) in [5.41, 5.74) is 2.90. The lowest BCUT2D eigenvalue weighted by Crippen LogP contribution is -2.57. The van der Waals surface area contributed by atoms with Gasteiger partial charge in [-0.1, -0.05) is 52.0 Å². The second-order valence-electron chi connectivity index (χ2n) is 7.40. The van der Waals surface area contributed by atoms with Crippen LogP contribution in [0.5, 0.6) is 0 Å². The smallest absolute Gasteiger partial charge is 0.0240 e. The second kappa shape index (κ2) is 7.42. The van der Waals surface area contributed by atoms with E-state index >= 15 is 0 Å². The van der Waals surface area contributed by atoms with Crippen LogP contribution in [0.4, 0.5) is 0 Å². The van der Waals surface area contributed by atoms with Crippen LogP contribution in [0.3, 0.4) is 0 Å². The number of benzene rings is 1. The van der Waals surface area contributed by atoms with E-state index in [-0.39, 0.29) is 0 Å². The van der Waals surface area contributed by atoms with Crippen molar-refractivity contribution < 1.29 is 0 Å². The zero-order valence-corrected chi connectivity index (χ0v) is 14.4. The van der Waals surface area contributed by atoms with Gasteiger partial charge in [-0.2, -0.15) is 0 Å². The molecule has 21 heavy (non-hydrogen) atoms. The Morgan fingerprint density at radius 2 is 1.90 bits per heavy atom. The second-order valence-corrected chi connectivity index (χ2v) is 7.40. The Balaban J connectivity index is 2.11. The Kier molecular flexibility index (Phi) is 5.83. The largest absolute Gasteiger partial charge is 0.311 e. The van der Waals surface area contributed by atoms with Gasteiger partial charge >= 0.3 is 0 Å². The molecule has 1 saturated heterocycles. The van der Waals surface area contributed by atoms with Gasteiger partial charge < -0.3 is 5.32 Å². The molecule has 0 radical (unpaired) electrons. The van der Waals surface area contributed by atoms with E-state index in [0.29, 0.717) is 18.0 Å². The van der Waals surface area contributed by atoms with E-state index < -0.39 is 0 Å². The Morgan fingerprint density at radius 1 is 1.19 bits per heavy atom. The van der Waals surface area contributed by atoms with Crippen LogP contribution in [-0.4, -0.2) is 30.1 Å². The zero-order valence-electron chi connectivity index (χ0n) is 14.4. The number of nitrogens with one attached hydrogen (secondary N) is 1. The first-order valence-corrected chi connectivity index (χ1v) is 8.49. The third-order valence-corrected chi connectivity index (χ3v) is 4.75. The van der Waals surface area contributed by atoms with Crippen LogP contribution in [0.2, 0.25) is 0 Å². The minimum absolute atomic E-state index is 0.623. The molecule has 2 rings (SSSR count). The molecule has 1 heterocycles. The molecule has 2 atom stereocenters. The van der Waals surface area contributed by atoms with E-state index in [1.54, 1.807) is 0 Å². The number of aryl methyl sites for hydroxylation is 1. The summed E-state index contributed by atoms with van der Waals surface area (Å²) in [5.74, 6) is 1.45. The molecule has 118 valence electrons. The summed E-state index contributed by atoms with van der Waals surface area (Å²) >= 11 is 0. The van der Waals surface area contributed by atoms with Crippen LogP contribution < -0.4 is 5.32 Å². The SMILES string of the molecule is Cc1ccccc1CN1CC(C(C)C)NCC1CC(C)C. The van der Waals surface area contributed by atoms with Crippen molar-refractivity contribution in [2.45, 2.75) is 59.7 Å². The van der Waals surface area contributed by atoms with Crippen molar-refractivity contribution in [3.63, 3.8) is 0 Å². The number of hydrogen-bond acceptors (Lipinski definition) is 2. The molecule has 2 heteroatoms. The first-order valence-electron chi connectivity index (χ1n) is 8.49. The Hall–Kier alpha value is -0.860. The molecule has 2 nitrogen and oxygen atoms in total. The molecule has 0 amide bonds.